The summed E-state index contributed by atoms with van der Waals surface area (Å²) in [5.74, 6) is -0.0216. The highest BCUT2D eigenvalue weighted by atomic mass is 79.9. The molecule has 0 bridgehead atoms. The summed E-state index contributed by atoms with van der Waals surface area (Å²) in [4.78, 5) is 15.8. The van der Waals surface area contributed by atoms with Gasteiger partial charge < -0.3 is 5.32 Å². The second kappa shape index (κ2) is 5.78. The Balaban J connectivity index is 2.03. The summed E-state index contributed by atoms with van der Waals surface area (Å²) in [6.07, 6.45) is 3.74. The Labute approximate surface area is 114 Å². The van der Waals surface area contributed by atoms with Gasteiger partial charge in [-0.2, -0.15) is 0 Å². The molecule has 0 spiro atoms. The molecule has 0 atom stereocenters. The van der Waals surface area contributed by atoms with Crippen LogP contribution in [0.5, 0.6) is 0 Å². The molecule has 0 radical (unpaired) electrons. The number of aryl methyl sites for hydroxylation is 1. The van der Waals surface area contributed by atoms with Crippen LogP contribution in [0.2, 0.25) is 0 Å². The molecule has 3 nitrogen and oxygen atoms in total. The smallest absolute Gasteiger partial charge is 0.228 e. The highest BCUT2D eigenvalue weighted by Crippen LogP contribution is 2.20. The third kappa shape index (κ3) is 3.40. The molecule has 0 fully saturated rings. The van der Waals surface area contributed by atoms with Crippen molar-refractivity contribution in [3.05, 3.63) is 58.3 Å². The summed E-state index contributed by atoms with van der Waals surface area (Å²) in [6, 6.07) is 9.46. The molecule has 1 N–H and O–H groups in total. The number of aromatic nitrogens is 1. The molecule has 4 heteroatoms. The lowest BCUT2D eigenvalue weighted by atomic mass is 10.1. The van der Waals surface area contributed by atoms with Crippen molar-refractivity contribution >= 4 is 27.5 Å². The van der Waals surface area contributed by atoms with E-state index in [0.29, 0.717) is 6.42 Å². The molecule has 0 saturated heterocycles. The largest absolute Gasteiger partial charge is 0.326 e. The number of carbonyl (C=O) groups excluding carboxylic acids is 1. The van der Waals surface area contributed by atoms with Crippen LogP contribution in [-0.2, 0) is 11.2 Å². The normalized spacial score (nSPS) is 10.1. The molecule has 0 aliphatic carbocycles. The number of hydrogen-bond donors (Lipinski definition) is 1. The highest BCUT2D eigenvalue weighted by Gasteiger charge is 2.06. The van der Waals surface area contributed by atoms with Gasteiger partial charge in [-0.25, -0.2) is 0 Å². The maximum atomic E-state index is 11.9. The number of pyridine rings is 1. The zero-order chi connectivity index (χ0) is 13.0. The number of hydrogen-bond acceptors (Lipinski definition) is 2. The molecule has 2 aromatic rings. The van der Waals surface area contributed by atoms with Crippen molar-refractivity contribution in [2.24, 2.45) is 0 Å². The molecular weight excluding hydrogens is 292 g/mol. The Bertz CT molecular complexity index is 555. The van der Waals surface area contributed by atoms with Gasteiger partial charge >= 0.3 is 0 Å². The molecule has 1 aromatic carbocycles. The van der Waals surface area contributed by atoms with Crippen LogP contribution in [0.1, 0.15) is 11.1 Å². The van der Waals surface area contributed by atoms with E-state index in [4.69, 9.17) is 0 Å². The number of nitrogens with zero attached hydrogens (tertiary/aromatic N) is 1. The third-order valence-electron chi connectivity index (χ3n) is 2.58. The van der Waals surface area contributed by atoms with Gasteiger partial charge in [-0.3, -0.25) is 9.78 Å². The van der Waals surface area contributed by atoms with Gasteiger partial charge in [-0.15, -0.1) is 0 Å². The minimum absolute atomic E-state index is 0.0216. The van der Waals surface area contributed by atoms with E-state index in [-0.39, 0.29) is 5.91 Å². The van der Waals surface area contributed by atoms with Crippen LogP contribution in [0.4, 0.5) is 5.69 Å². The molecule has 0 aliphatic heterocycles. The summed E-state index contributed by atoms with van der Waals surface area (Å²) in [5, 5.41) is 2.91. The molecule has 1 amide bonds. The van der Waals surface area contributed by atoms with Crippen LogP contribution in [-0.4, -0.2) is 10.9 Å². The minimum Gasteiger partial charge on any atom is -0.326 e. The molecule has 0 saturated carbocycles. The van der Waals surface area contributed by atoms with Crippen LogP contribution >= 0.6 is 15.9 Å². The second-order valence-corrected chi connectivity index (χ2v) is 4.96. The summed E-state index contributed by atoms with van der Waals surface area (Å²) in [7, 11) is 0. The van der Waals surface area contributed by atoms with Crippen LogP contribution < -0.4 is 5.32 Å². The number of rotatable bonds is 3. The number of carbonyl (C=O) groups is 1. The van der Waals surface area contributed by atoms with E-state index >= 15 is 0 Å². The fraction of sp³-hybridized carbons (Fsp3) is 0.143. The molecule has 0 aliphatic rings. The predicted octanol–water partition coefficient (Wildman–Crippen LogP) is 3.33. The first-order valence-corrected chi connectivity index (χ1v) is 6.39. The number of anilines is 1. The number of amides is 1. The molecule has 92 valence electrons. The average Bonchev–Trinajstić information content (AvgIpc) is 2.34. The molecule has 1 heterocycles. The first-order chi connectivity index (χ1) is 8.65. The van der Waals surface area contributed by atoms with Crippen LogP contribution in [0.25, 0.3) is 0 Å². The van der Waals surface area contributed by atoms with Crippen molar-refractivity contribution in [1.29, 1.82) is 0 Å². The maximum Gasteiger partial charge on any atom is 0.228 e. The Hall–Kier alpha value is -1.68. The summed E-state index contributed by atoms with van der Waals surface area (Å²) in [6.45, 7) is 1.97. The standard InChI is InChI=1S/C14H13BrN2O/c1-10-8-12(15)2-3-13(10)17-14(18)9-11-4-6-16-7-5-11/h2-8H,9H2,1H3,(H,17,18). The van der Waals surface area contributed by atoms with Crippen molar-refractivity contribution in [2.75, 3.05) is 5.32 Å². The highest BCUT2D eigenvalue weighted by molar-refractivity contribution is 9.10. The van der Waals surface area contributed by atoms with E-state index in [1.54, 1.807) is 12.4 Å². The number of halogens is 1. The van der Waals surface area contributed by atoms with Gasteiger partial charge in [0.1, 0.15) is 0 Å². The summed E-state index contributed by atoms with van der Waals surface area (Å²) < 4.78 is 1.01. The first-order valence-electron chi connectivity index (χ1n) is 5.60. The Morgan fingerprint density at radius 3 is 2.67 bits per heavy atom. The van der Waals surface area contributed by atoms with Crippen LogP contribution in [0.15, 0.2) is 47.2 Å². The van der Waals surface area contributed by atoms with E-state index < -0.39 is 0 Å². The Morgan fingerprint density at radius 1 is 1.28 bits per heavy atom. The SMILES string of the molecule is Cc1cc(Br)ccc1NC(=O)Cc1ccncc1. The summed E-state index contributed by atoms with van der Waals surface area (Å²) >= 11 is 3.40. The lowest BCUT2D eigenvalue weighted by Gasteiger charge is -2.08. The molecule has 0 unspecified atom stereocenters. The van der Waals surface area contributed by atoms with Crippen molar-refractivity contribution in [1.82, 2.24) is 4.98 Å². The van der Waals surface area contributed by atoms with Crippen molar-refractivity contribution in [3.8, 4) is 0 Å². The maximum absolute atomic E-state index is 11.9. The quantitative estimate of drug-likeness (QED) is 0.945. The topological polar surface area (TPSA) is 42.0 Å². The lowest BCUT2D eigenvalue weighted by Crippen LogP contribution is -2.15. The van der Waals surface area contributed by atoms with E-state index in [9.17, 15) is 4.79 Å². The van der Waals surface area contributed by atoms with Gasteiger partial charge in [0, 0.05) is 22.6 Å². The fourth-order valence-electron chi connectivity index (χ4n) is 1.65. The zero-order valence-corrected chi connectivity index (χ0v) is 11.6. The number of nitrogens with one attached hydrogen (secondary N) is 1. The monoisotopic (exact) mass is 304 g/mol. The fourth-order valence-corrected chi connectivity index (χ4v) is 2.12. The van der Waals surface area contributed by atoms with Crippen molar-refractivity contribution in [2.45, 2.75) is 13.3 Å². The van der Waals surface area contributed by atoms with Crippen molar-refractivity contribution < 1.29 is 4.79 Å². The molecular formula is C14H13BrN2O. The van der Waals surface area contributed by atoms with E-state index in [0.717, 1.165) is 21.3 Å². The lowest BCUT2D eigenvalue weighted by molar-refractivity contribution is -0.115. The van der Waals surface area contributed by atoms with Gasteiger partial charge in [0.15, 0.2) is 0 Å². The van der Waals surface area contributed by atoms with Crippen LogP contribution in [0.3, 0.4) is 0 Å². The Kier molecular flexibility index (Phi) is 4.10. The first kappa shape index (κ1) is 12.8. The van der Waals surface area contributed by atoms with Gasteiger partial charge in [0.25, 0.3) is 0 Å². The van der Waals surface area contributed by atoms with Gasteiger partial charge in [-0.1, -0.05) is 15.9 Å². The van der Waals surface area contributed by atoms with Gasteiger partial charge in [0.2, 0.25) is 5.91 Å². The van der Waals surface area contributed by atoms with E-state index in [1.165, 1.54) is 0 Å². The zero-order valence-electron chi connectivity index (χ0n) is 9.98. The van der Waals surface area contributed by atoms with Gasteiger partial charge in [0.05, 0.1) is 6.42 Å². The second-order valence-electron chi connectivity index (χ2n) is 4.04. The van der Waals surface area contributed by atoms with Gasteiger partial charge in [-0.05, 0) is 48.4 Å². The Morgan fingerprint density at radius 2 is 2.00 bits per heavy atom. The predicted molar refractivity (Wildman–Crippen MR) is 75.4 cm³/mol. The minimum atomic E-state index is -0.0216. The van der Waals surface area contributed by atoms with Crippen LogP contribution in [0, 0.1) is 6.92 Å². The average molecular weight is 305 g/mol. The summed E-state index contributed by atoms with van der Waals surface area (Å²) in [5.41, 5.74) is 2.84. The number of benzene rings is 1. The van der Waals surface area contributed by atoms with E-state index in [1.807, 2.05) is 37.3 Å². The molecule has 2 rings (SSSR count). The third-order valence-corrected chi connectivity index (χ3v) is 3.07. The van der Waals surface area contributed by atoms with Crippen molar-refractivity contribution in [3.63, 3.8) is 0 Å². The van der Waals surface area contributed by atoms with E-state index in [2.05, 4.69) is 26.2 Å². The molecule has 1 aromatic heterocycles. The molecule has 18 heavy (non-hydrogen) atoms.